The van der Waals surface area contributed by atoms with Crippen molar-refractivity contribution in [1.82, 2.24) is 4.90 Å². The van der Waals surface area contributed by atoms with Crippen LogP contribution >= 0.6 is 0 Å². The van der Waals surface area contributed by atoms with E-state index in [-0.39, 0.29) is 17.5 Å². The topological polar surface area (TPSA) is 20.3 Å². The van der Waals surface area contributed by atoms with Crippen molar-refractivity contribution in [3.63, 3.8) is 0 Å². The van der Waals surface area contributed by atoms with Gasteiger partial charge in [0.15, 0.2) is 0 Å². The van der Waals surface area contributed by atoms with E-state index >= 15 is 0 Å². The SMILES string of the molecule is CN(C(=O)c1cc(F)cc(F)c1)[C@@H]1CCc2ccccc21. The molecule has 21 heavy (non-hydrogen) atoms. The van der Waals surface area contributed by atoms with E-state index in [2.05, 4.69) is 6.07 Å². The number of hydrogen-bond acceptors (Lipinski definition) is 1. The zero-order valence-electron chi connectivity index (χ0n) is 11.6. The van der Waals surface area contributed by atoms with Gasteiger partial charge in [0.05, 0.1) is 6.04 Å². The Morgan fingerprint density at radius 1 is 1.14 bits per heavy atom. The van der Waals surface area contributed by atoms with Crippen molar-refractivity contribution >= 4 is 5.91 Å². The molecule has 1 aliphatic carbocycles. The van der Waals surface area contributed by atoms with Crippen LogP contribution in [0.1, 0.15) is 33.9 Å². The second kappa shape index (κ2) is 5.28. The van der Waals surface area contributed by atoms with Gasteiger partial charge in [0, 0.05) is 18.7 Å². The molecule has 108 valence electrons. The molecule has 0 bridgehead atoms. The number of rotatable bonds is 2. The van der Waals surface area contributed by atoms with Gasteiger partial charge in [-0.1, -0.05) is 24.3 Å². The standard InChI is InChI=1S/C17H15F2NO/c1-20(16-7-6-11-4-2-3-5-15(11)16)17(21)12-8-13(18)10-14(19)9-12/h2-5,8-10,16H,6-7H2,1H3/t16-/m1/s1. The minimum absolute atomic E-state index is 0.0411. The third-order valence-electron chi connectivity index (χ3n) is 4.00. The molecule has 1 aliphatic rings. The molecule has 0 N–H and O–H groups in total. The summed E-state index contributed by atoms with van der Waals surface area (Å²) in [6, 6.07) is 10.8. The van der Waals surface area contributed by atoms with E-state index in [0.717, 1.165) is 36.6 Å². The van der Waals surface area contributed by atoms with Crippen LogP contribution in [-0.2, 0) is 6.42 Å². The number of carbonyl (C=O) groups is 1. The first-order valence-corrected chi connectivity index (χ1v) is 6.87. The molecule has 1 amide bonds. The molecule has 3 rings (SSSR count). The lowest BCUT2D eigenvalue weighted by Gasteiger charge is -2.25. The van der Waals surface area contributed by atoms with E-state index in [9.17, 15) is 13.6 Å². The number of carbonyl (C=O) groups excluding carboxylic acids is 1. The lowest BCUT2D eigenvalue weighted by atomic mass is 10.1. The lowest BCUT2D eigenvalue weighted by molar-refractivity contribution is 0.0729. The summed E-state index contributed by atoms with van der Waals surface area (Å²) >= 11 is 0. The fourth-order valence-electron chi connectivity index (χ4n) is 2.96. The van der Waals surface area contributed by atoms with Gasteiger partial charge >= 0.3 is 0 Å². The second-order valence-electron chi connectivity index (χ2n) is 5.33. The number of aryl methyl sites for hydroxylation is 1. The van der Waals surface area contributed by atoms with Gasteiger partial charge in [-0.25, -0.2) is 8.78 Å². The van der Waals surface area contributed by atoms with E-state index in [1.807, 2.05) is 18.2 Å². The molecule has 0 saturated heterocycles. The van der Waals surface area contributed by atoms with Crippen molar-refractivity contribution in [2.24, 2.45) is 0 Å². The highest BCUT2D eigenvalue weighted by atomic mass is 19.1. The number of fused-ring (bicyclic) bond motifs is 1. The van der Waals surface area contributed by atoms with Crippen molar-refractivity contribution in [1.29, 1.82) is 0 Å². The molecule has 1 atom stereocenters. The zero-order chi connectivity index (χ0) is 15.0. The molecular formula is C17H15F2NO. The van der Waals surface area contributed by atoms with Gasteiger partial charge < -0.3 is 4.90 Å². The molecule has 0 fully saturated rings. The molecule has 4 heteroatoms. The summed E-state index contributed by atoms with van der Waals surface area (Å²) < 4.78 is 26.5. The van der Waals surface area contributed by atoms with Crippen LogP contribution < -0.4 is 0 Å². The molecule has 0 unspecified atom stereocenters. The maximum atomic E-state index is 13.3. The largest absolute Gasteiger partial charge is 0.335 e. The number of amides is 1. The van der Waals surface area contributed by atoms with Crippen molar-refractivity contribution in [3.05, 3.63) is 70.8 Å². The molecule has 2 aromatic carbocycles. The first-order valence-electron chi connectivity index (χ1n) is 6.87. The fourth-order valence-corrected chi connectivity index (χ4v) is 2.96. The predicted octanol–water partition coefficient (Wildman–Crippen LogP) is 3.72. The van der Waals surface area contributed by atoms with E-state index in [4.69, 9.17) is 0 Å². The molecule has 2 nitrogen and oxygen atoms in total. The average Bonchev–Trinajstić information content (AvgIpc) is 2.88. The summed E-state index contributed by atoms with van der Waals surface area (Å²) in [4.78, 5) is 14.0. The second-order valence-corrected chi connectivity index (χ2v) is 5.33. The Bertz CT molecular complexity index is 679. The highest BCUT2D eigenvalue weighted by molar-refractivity contribution is 5.94. The molecular weight excluding hydrogens is 272 g/mol. The molecule has 0 heterocycles. The van der Waals surface area contributed by atoms with Gasteiger partial charge in [-0.05, 0) is 36.1 Å². The highest BCUT2D eigenvalue weighted by Crippen LogP contribution is 2.35. The van der Waals surface area contributed by atoms with E-state index < -0.39 is 11.6 Å². The van der Waals surface area contributed by atoms with Crippen molar-refractivity contribution < 1.29 is 13.6 Å². The van der Waals surface area contributed by atoms with Crippen molar-refractivity contribution in [2.75, 3.05) is 7.05 Å². The summed E-state index contributed by atoms with van der Waals surface area (Å²) in [5.74, 6) is -1.84. The van der Waals surface area contributed by atoms with E-state index in [1.54, 1.807) is 11.9 Å². The summed E-state index contributed by atoms with van der Waals surface area (Å²) in [6.45, 7) is 0. The Hall–Kier alpha value is -2.23. The molecule has 2 aromatic rings. The minimum Gasteiger partial charge on any atom is -0.335 e. The zero-order valence-corrected chi connectivity index (χ0v) is 11.6. The van der Waals surface area contributed by atoms with Crippen molar-refractivity contribution in [3.8, 4) is 0 Å². The van der Waals surface area contributed by atoms with Crippen LogP contribution in [0.15, 0.2) is 42.5 Å². The quantitative estimate of drug-likeness (QED) is 0.824. The third-order valence-corrected chi connectivity index (χ3v) is 4.00. The van der Waals surface area contributed by atoms with Crippen LogP contribution in [0.2, 0.25) is 0 Å². The van der Waals surface area contributed by atoms with Crippen molar-refractivity contribution in [2.45, 2.75) is 18.9 Å². The van der Waals surface area contributed by atoms with Crippen LogP contribution in [0.25, 0.3) is 0 Å². The van der Waals surface area contributed by atoms with Crippen LogP contribution in [0, 0.1) is 11.6 Å². The first kappa shape index (κ1) is 13.7. The molecule has 0 aliphatic heterocycles. The Morgan fingerprint density at radius 2 is 1.81 bits per heavy atom. The lowest BCUT2D eigenvalue weighted by Crippen LogP contribution is -2.30. The fraction of sp³-hybridized carbons (Fsp3) is 0.235. The van der Waals surface area contributed by atoms with Gasteiger partial charge in [0.2, 0.25) is 0 Å². The molecule has 0 aromatic heterocycles. The Morgan fingerprint density at radius 3 is 2.52 bits per heavy atom. The molecule has 0 radical (unpaired) electrons. The van der Waals surface area contributed by atoms with Gasteiger partial charge in [-0.3, -0.25) is 4.79 Å². The molecule has 0 spiro atoms. The smallest absolute Gasteiger partial charge is 0.254 e. The number of halogens is 2. The minimum atomic E-state index is -0.737. The molecule has 0 saturated carbocycles. The third kappa shape index (κ3) is 2.53. The van der Waals surface area contributed by atoms with Gasteiger partial charge in [-0.2, -0.15) is 0 Å². The summed E-state index contributed by atoms with van der Waals surface area (Å²) in [7, 11) is 1.68. The predicted molar refractivity (Wildman–Crippen MR) is 76.0 cm³/mol. The van der Waals surface area contributed by atoms with Gasteiger partial charge in [0.1, 0.15) is 11.6 Å². The van der Waals surface area contributed by atoms with E-state index in [0.29, 0.717) is 0 Å². The highest BCUT2D eigenvalue weighted by Gasteiger charge is 2.29. The van der Waals surface area contributed by atoms with Gasteiger partial charge in [0.25, 0.3) is 5.91 Å². The van der Waals surface area contributed by atoms with E-state index in [1.165, 1.54) is 5.56 Å². The van der Waals surface area contributed by atoms with Crippen LogP contribution in [0.4, 0.5) is 8.78 Å². The summed E-state index contributed by atoms with van der Waals surface area (Å²) in [5.41, 5.74) is 2.39. The normalized spacial score (nSPS) is 16.6. The maximum absolute atomic E-state index is 13.3. The van der Waals surface area contributed by atoms with Crippen LogP contribution in [0.3, 0.4) is 0 Å². The Labute approximate surface area is 122 Å². The van der Waals surface area contributed by atoms with Crippen LogP contribution in [0.5, 0.6) is 0 Å². The van der Waals surface area contributed by atoms with Crippen LogP contribution in [-0.4, -0.2) is 17.9 Å². The average molecular weight is 287 g/mol. The number of hydrogen-bond donors (Lipinski definition) is 0. The monoisotopic (exact) mass is 287 g/mol. The Balaban J connectivity index is 1.89. The number of nitrogens with zero attached hydrogens (tertiary/aromatic N) is 1. The first-order chi connectivity index (χ1) is 10.1. The Kier molecular flexibility index (Phi) is 3.45. The summed E-state index contributed by atoms with van der Waals surface area (Å²) in [6.07, 6.45) is 1.75. The number of benzene rings is 2. The van der Waals surface area contributed by atoms with Gasteiger partial charge in [-0.15, -0.1) is 0 Å². The maximum Gasteiger partial charge on any atom is 0.254 e. The summed E-state index contributed by atoms with van der Waals surface area (Å²) in [5, 5.41) is 0.